The Hall–Kier alpha value is -2.76. The summed E-state index contributed by atoms with van der Waals surface area (Å²) in [5.41, 5.74) is 7.00. The Morgan fingerprint density at radius 3 is 2.40 bits per heavy atom. The summed E-state index contributed by atoms with van der Waals surface area (Å²) in [5, 5.41) is 11.2. The molecule has 0 heterocycles. The molecular weight excluding hydrogens is 258 g/mol. The molecule has 0 aromatic heterocycles. The number of anilines is 3. The highest BCUT2D eigenvalue weighted by Gasteiger charge is 2.21. The Kier molecular flexibility index (Phi) is 3.74. The van der Waals surface area contributed by atoms with E-state index < -0.39 is 4.92 Å². The molecule has 0 aliphatic carbocycles. The highest BCUT2D eigenvalue weighted by Crippen LogP contribution is 2.36. The number of ether oxygens (including phenoxy) is 1. The predicted octanol–water partition coefficient (Wildman–Crippen LogP) is 2.95. The molecule has 2 aromatic rings. The van der Waals surface area contributed by atoms with E-state index >= 15 is 0 Å². The van der Waals surface area contributed by atoms with Crippen LogP contribution in [0.25, 0.3) is 0 Å². The third-order valence-corrected chi connectivity index (χ3v) is 3.05. The lowest BCUT2D eigenvalue weighted by Crippen LogP contribution is -2.12. The van der Waals surface area contributed by atoms with Gasteiger partial charge in [0.05, 0.1) is 12.0 Å². The summed E-state index contributed by atoms with van der Waals surface area (Å²) in [7, 11) is 3.34. The van der Waals surface area contributed by atoms with Crippen molar-refractivity contribution in [3.63, 3.8) is 0 Å². The van der Waals surface area contributed by atoms with Crippen molar-refractivity contribution in [2.24, 2.45) is 0 Å². The third kappa shape index (κ3) is 2.49. The summed E-state index contributed by atoms with van der Waals surface area (Å²) in [6.45, 7) is 0. The van der Waals surface area contributed by atoms with Crippen LogP contribution in [0.15, 0.2) is 42.5 Å². The van der Waals surface area contributed by atoms with Gasteiger partial charge in [-0.3, -0.25) is 10.1 Å². The average molecular weight is 273 g/mol. The fourth-order valence-electron chi connectivity index (χ4n) is 1.96. The molecule has 2 aromatic carbocycles. The first kappa shape index (κ1) is 13.7. The van der Waals surface area contributed by atoms with Gasteiger partial charge in [-0.1, -0.05) is 6.07 Å². The summed E-state index contributed by atoms with van der Waals surface area (Å²) < 4.78 is 5.09. The lowest BCUT2D eigenvalue weighted by Gasteiger charge is -2.20. The van der Waals surface area contributed by atoms with Crippen molar-refractivity contribution in [3.05, 3.63) is 52.6 Å². The maximum atomic E-state index is 11.2. The normalized spacial score (nSPS) is 10.1. The predicted molar refractivity (Wildman–Crippen MR) is 78.6 cm³/mol. The molecule has 0 radical (unpaired) electrons. The van der Waals surface area contributed by atoms with Crippen molar-refractivity contribution in [2.75, 3.05) is 24.8 Å². The molecule has 6 heteroatoms. The molecule has 0 aliphatic heterocycles. The van der Waals surface area contributed by atoms with E-state index in [-0.39, 0.29) is 11.4 Å². The van der Waals surface area contributed by atoms with Gasteiger partial charge in [0.15, 0.2) is 0 Å². The molecule has 2 rings (SSSR count). The quantitative estimate of drug-likeness (QED) is 0.526. The van der Waals surface area contributed by atoms with Gasteiger partial charge in [-0.25, -0.2) is 0 Å². The average Bonchev–Trinajstić information content (AvgIpc) is 2.46. The first-order valence-corrected chi connectivity index (χ1v) is 5.95. The second-order valence-electron chi connectivity index (χ2n) is 4.23. The van der Waals surface area contributed by atoms with E-state index in [1.165, 1.54) is 6.07 Å². The lowest BCUT2D eigenvalue weighted by atomic mass is 10.2. The van der Waals surface area contributed by atoms with E-state index in [9.17, 15) is 10.1 Å². The van der Waals surface area contributed by atoms with Crippen LogP contribution in [-0.4, -0.2) is 19.1 Å². The van der Waals surface area contributed by atoms with Crippen molar-refractivity contribution in [3.8, 4) is 5.75 Å². The van der Waals surface area contributed by atoms with Crippen LogP contribution in [0.3, 0.4) is 0 Å². The number of nitro groups is 1. The molecule has 0 unspecified atom stereocenters. The Morgan fingerprint density at radius 2 is 1.85 bits per heavy atom. The van der Waals surface area contributed by atoms with Gasteiger partial charge in [0, 0.05) is 12.7 Å². The largest absolute Gasteiger partial charge is 0.497 e. The Morgan fingerprint density at radius 1 is 1.20 bits per heavy atom. The summed E-state index contributed by atoms with van der Waals surface area (Å²) in [4.78, 5) is 12.4. The van der Waals surface area contributed by atoms with E-state index in [1.54, 1.807) is 43.3 Å². The zero-order valence-corrected chi connectivity index (χ0v) is 11.2. The minimum Gasteiger partial charge on any atom is -0.497 e. The first-order valence-electron chi connectivity index (χ1n) is 5.95. The van der Waals surface area contributed by atoms with Crippen LogP contribution < -0.4 is 15.4 Å². The fourth-order valence-corrected chi connectivity index (χ4v) is 1.96. The van der Waals surface area contributed by atoms with Crippen LogP contribution in [0.1, 0.15) is 0 Å². The van der Waals surface area contributed by atoms with E-state index in [0.29, 0.717) is 5.69 Å². The SMILES string of the molecule is COc1ccc(N(C)c2cccc(N)c2[N+](=O)[O-])cc1. The molecule has 6 nitrogen and oxygen atoms in total. The van der Waals surface area contributed by atoms with Crippen LogP contribution in [0, 0.1) is 10.1 Å². The Balaban J connectivity index is 2.44. The topological polar surface area (TPSA) is 81.6 Å². The minimum absolute atomic E-state index is 0.0918. The number of para-hydroxylation sites is 1. The maximum Gasteiger partial charge on any atom is 0.315 e. The molecule has 0 bridgehead atoms. The third-order valence-electron chi connectivity index (χ3n) is 3.05. The molecule has 0 spiro atoms. The molecule has 0 saturated carbocycles. The number of nitrogens with zero attached hydrogens (tertiary/aromatic N) is 2. The number of nitro benzene ring substituents is 1. The Labute approximate surface area is 116 Å². The molecule has 0 atom stereocenters. The van der Waals surface area contributed by atoms with Gasteiger partial charge < -0.3 is 15.4 Å². The van der Waals surface area contributed by atoms with Crippen LogP contribution in [0.2, 0.25) is 0 Å². The number of hydrogen-bond acceptors (Lipinski definition) is 5. The second kappa shape index (κ2) is 5.48. The number of benzene rings is 2. The highest BCUT2D eigenvalue weighted by molar-refractivity contribution is 5.79. The number of methoxy groups -OCH3 is 1. The van der Waals surface area contributed by atoms with E-state index in [0.717, 1.165) is 11.4 Å². The molecule has 0 aliphatic rings. The molecule has 0 fully saturated rings. The van der Waals surface area contributed by atoms with Gasteiger partial charge in [0.25, 0.3) is 0 Å². The second-order valence-corrected chi connectivity index (χ2v) is 4.23. The van der Waals surface area contributed by atoms with Crippen molar-refractivity contribution in [2.45, 2.75) is 0 Å². The lowest BCUT2D eigenvalue weighted by molar-refractivity contribution is -0.383. The molecule has 2 N–H and O–H groups in total. The fraction of sp³-hybridized carbons (Fsp3) is 0.143. The number of nitrogens with two attached hydrogens (primary N) is 1. The van der Waals surface area contributed by atoms with Gasteiger partial charge in [-0.15, -0.1) is 0 Å². The Bertz CT molecular complexity index is 626. The first-order chi connectivity index (χ1) is 9.54. The number of hydrogen-bond donors (Lipinski definition) is 1. The summed E-state index contributed by atoms with van der Waals surface area (Å²) >= 11 is 0. The molecule has 0 saturated heterocycles. The van der Waals surface area contributed by atoms with Gasteiger partial charge >= 0.3 is 5.69 Å². The van der Waals surface area contributed by atoms with Crippen LogP contribution in [-0.2, 0) is 0 Å². The van der Waals surface area contributed by atoms with Gasteiger partial charge in [-0.05, 0) is 36.4 Å². The van der Waals surface area contributed by atoms with Gasteiger partial charge in [-0.2, -0.15) is 0 Å². The van der Waals surface area contributed by atoms with Crippen LogP contribution in [0.4, 0.5) is 22.7 Å². The smallest absolute Gasteiger partial charge is 0.315 e. The number of nitrogen functional groups attached to an aromatic ring is 1. The highest BCUT2D eigenvalue weighted by atomic mass is 16.6. The molecular formula is C14H15N3O3. The minimum atomic E-state index is -0.468. The van der Waals surface area contributed by atoms with Gasteiger partial charge in [0.1, 0.15) is 17.1 Å². The van der Waals surface area contributed by atoms with Crippen molar-refractivity contribution in [1.29, 1.82) is 0 Å². The van der Waals surface area contributed by atoms with E-state index in [4.69, 9.17) is 10.5 Å². The summed E-state index contributed by atoms with van der Waals surface area (Å²) in [6, 6.07) is 12.1. The summed E-state index contributed by atoms with van der Waals surface area (Å²) in [5.74, 6) is 0.726. The molecule has 0 amide bonds. The van der Waals surface area contributed by atoms with Crippen molar-refractivity contribution >= 4 is 22.7 Å². The van der Waals surface area contributed by atoms with Crippen molar-refractivity contribution in [1.82, 2.24) is 0 Å². The van der Waals surface area contributed by atoms with Gasteiger partial charge in [0.2, 0.25) is 0 Å². The summed E-state index contributed by atoms with van der Waals surface area (Å²) in [6.07, 6.45) is 0. The van der Waals surface area contributed by atoms with E-state index in [2.05, 4.69) is 0 Å². The van der Waals surface area contributed by atoms with Crippen LogP contribution in [0.5, 0.6) is 5.75 Å². The van der Waals surface area contributed by atoms with Crippen LogP contribution >= 0.6 is 0 Å². The molecule has 104 valence electrons. The molecule has 20 heavy (non-hydrogen) atoms. The van der Waals surface area contributed by atoms with E-state index in [1.807, 2.05) is 12.1 Å². The van der Waals surface area contributed by atoms with Crippen molar-refractivity contribution < 1.29 is 9.66 Å². The number of rotatable bonds is 4. The maximum absolute atomic E-state index is 11.2. The standard InChI is InChI=1S/C14H15N3O3/c1-16(10-6-8-11(20-2)9-7-10)13-5-3-4-12(15)14(13)17(18)19/h3-9H,15H2,1-2H3. The zero-order chi connectivity index (χ0) is 14.7. The monoisotopic (exact) mass is 273 g/mol. The zero-order valence-electron chi connectivity index (χ0n) is 11.2.